The smallest absolute Gasteiger partial charge is 0.289 e. The standard InChI is InChI=1S/C11H15ClN4O2/c12-10-6-9(16(17)18)7-15-11(10)14-5-1-4-13-8-2-3-8/h6-8,13H,1-5H2,(H,14,15). The van der Waals surface area contributed by atoms with E-state index in [1.165, 1.54) is 25.1 Å². The van der Waals surface area contributed by atoms with Crippen LogP contribution in [0, 0.1) is 10.1 Å². The number of halogens is 1. The predicted molar refractivity (Wildman–Crippen MR) is 70.0 cm³/mol. The van der Waals surface area contributed by atoms with Crippen molar-refractivity contribution < 1.29 is 4.92 Å². The minimum Gasteiger partial charge on any atom is -0.369 e. The lowest BCUT2D eigenvalue weighted by Crippen LogP contribution is -2.20. The Kier molecular flexibility index (Phi) is 4.33. The molecular weight excluding hydrogens is 256 g/mol. The second-order valence-electron chi connectivity index (χ2n) is 4.29. The zero-order valence-electron chi connectivity index (χ0n) is 9.86. The summed E-state index contributed by atoms with van der Waals surface area (Å²) in [7, 11) is 0. The fourth-order valence-corrected chi connectivity index (χ4v) is 1.77. The number of nitrogens with zero attached hydrogens (tertiary/aromatic N) is 2. The third-order valence-corrected chi connectivity index (χ3v) is 2.98. The molecule has 6 nitrogen and oxygen atoms in total. The Hall–Kier alpha value is -1.40. The lowest BCUT2D eigenvalue weighted by atomic mass is 10.3. The molecule has 0 aromatic carbocycles. The van der Waals surface area contributed by atoms with Gasteiger partial charge < -0.3 is 10.6 Å². The Bertz CT molecular complexity index is 437. The van der Waals surface area contributed by atoms with Crippen LogP contribution in [0.25, 0.3) is 0 Å². The zero-order chi connectivity index (χ0) is 13.0. The minimum absolute atomic E-state index is 0.0963. The molecule has 18 heavy (non-hydrogen) atoms. The molecule has 2 N–H and O–H groups in total. The molecular formula is C11H15ClN4O2. The summed E-state index contributed by atoms with van der Waals surface area (Å²) in [6, 6.07) is 2.02. The summed E-state index contributed by atoms with van der Waals surface area (Å²) in [6.45, 7) is 1.70. The van der Waals surface area contributed by atoms with Crippen molar-refractivity contribution in [3.8, 4) is 0 Å². The molecule has 1 saturated carbocycles. The molecule has 0 radical (unpaired) electrons. The van der Waals surface area contributed by atoms with E-state index in [1.54, 1.807) is 0 Å². The van der Waals surface area contributed by atoms with Gasteiger partial charge in [-0.2, -0.15) is 0 Å². The summed E-state index contributed by atoms with van der Waals surface area (Å²) in [5, 5.41) is 17.3. The molecule has 0 unspecified atom stereocenters. The van der Waals surface area contributed by atoms with Gasteiger partial charge in [0.2, 0.25) is 0 Å². The van der Waals surface area contributed by atoms with Gasteiger partial charge in [0.15, 0.2) is 0 Å². The van der Waals surface area contributed by atoms with Crippen molar-refractivity contribution >= 4 is 23.1 Å². The summed E-state index contributed by atoms with van der Waals surface area (Å²) < 4.78 is 0. The van der Waals surface area contributed by atoms with E-state index < -0.39 is 4.92 Å². The van der Waals surface area contributed by atoms with Crippen molar-refractivity contribution in [2.45, 2.75) is 25.3 Å². The largest absolute Gasteiger partial charge is 0.369 e. The molecule has 98 valence electrons. The first-order valence-electron chi connectivity index (χ1n) is 5.94. The van der Waals surface area contributed by atoms with Crippen LogP contribution >= 0.6 is 11.6 Å². The molecule has 0 amide bonds. The van der Waals surface area contributed by atoms with Gasteiger partial charge in [0.1, 0.15) is 12.0 Å². The van der Waals surface area contributed by atoms with E-state index in [1.807, 2.05) is 0 Å². The first-order valence-corrected chi connectivity index (χ1v) is 6.32. The van der Waals surface area contributed by atoms with Crippen LogP contribution in [-0.2, 0) is 0 Å². The fourth-order valence-electron chi connectivity index (χ4n) is 1.55. The van der Waals surface area contributed by atoms with E-state index in [0.29, 0.717) is 11.9 Å². The SMILES string of the molecule is O=[N+]([O-])c1cnc(NCCCNC2CC2)c(Cl)c1. The summed E-state index contributed by atoms with van der Waals surface area (Å²) >= 11 is 5.90. The maximum Gasteiger partial charge on any atom is 0.289 e. The number of nitro groups is 1. The summed E-state index contributed by atoms with van der Waals surface area (Å²) in [6.07, 6.45) is 4.73. The maximum absolute atomic E-state index is 10.5. The third-order valence-electron chi connectivity index (χ3n) is 2.69. The Morgan fingerprint density at radius 2 is 2.28 bits per heavy atom. The van der Waals surface area contributed by atoms with Crippen molar-refractivity contribution in [3.63, 3.8) is 0 Å². The average molecular weight is 271 g/mol. The van der Waals surface area contributed by atoms with Crippen molar-refractivity contribution in [3.05, 3.63) is 27.4 Å². The normalized spacial score (nSPS) is 14.5. The van der Waals surface area contributed by atoms with Crippen molar-refractivity contribution in [1.29, 1.82) is 0 Å². The molecule has 1 aliphatic carbocycles. The fraction of sp³-hybridized carbons (Fsp3) is 0.545. The van der Waals surface area contributed by atoms with E-state index in [4.69, 9.17) is 11.6 Å². The molecule has 0 bridgehead atoms. The van der Waals surface area contributed by atoms with Crippen LogP contribution in [0.1, 0.15) is 19.3 Å². The van der Waals surface area contributed by atoms with Crippen LogP contribution in [0.5, 0.6) is 0 Å². The Labute approximate surface area is 110 Å². The summed E-state index contributed by atoms with van der Waals surface area (Å²) in [5.74, 6) is 0.494. The van der Waals surface area contributed by atoms with Gasteiger partial charge >= 0.3 is 0 Å². The van der Waals surface area contributed by atoms with E-state index in [9.17, 15) is 10.1 Å². The average Bonchev–Trinajstić information content (AvgIpc) is 3.14. The molecule has 1 aliphatic rings. The van der Waals surface area contributed by atoms with Crippen LogP contribution in [0.15, 0.2) is 12.3 Å². The number of aromatic nitrogens is 1. The van der Waals surface area contributed by atoms with Gasteiger partial charge in [0, 0.05) is 18.7 Å². The number of hydrogen-bond donors (Lipinski definition) is 2. The quantitative estimate of drug-likeness (QED) is 0.451. The predicted octanol–water partition coefficient (Wildman–Crippen LogP) is 2.20. The van der Waals surface area contributed by atoms with Gasteiger partial charge in [-0.05, 0) is 25.8 Å². The molecule has 1 aromatic heterocycles. The number of rotatable bonds is 7. The topological polar surface area (TPSA) is 80.1 Å². The maximum atomic E-state index is 10.5. The van der Waals surface area contributed by atoms with E-state index in [0.717, 1.165) is 19.5 Å². The Balaban J connectivity index is 1.75. The highest BCUT2D eigenvalue weighted by atomic mass is 35.5. The monoisotopic (exact) mass is 270 g/mol. The number of nitrogens with one attached hydrogen (secondary N) is 2. The van der Waals surface area contributed by atoms with Gasteiger partial charge in [-0.25, -0.2) is 4.98 Å². The van der Waals surface area contributed by atoms with E-state index in [2.05, 4.69) is 15.6 Å². The van der Waals surface area contributed by atoms with Gasteiger partial charge in [-0.1, -0.05) is 11.6 Å². The lowest BCUT2D eigenvalue weighted by Gasteiger charge is -2.07. The summed E-state index contributed by atoms with van der Waals surface area (Å²) in [4.78, 5) is 13.9. The minimum atomic E-state index is -0.512. The second kappa shape index (κ2) is 5.97. The highest BCUT2D eigenvalue weighted by molar-refractivity contribution is 6.33. The van der Waals surface area contributed by atoms with Gasteiger partial charge in [-0.3, -0.25) is 10.1 Å². The van der Waals surface area contributed by atoms with Crippen molar-refractivity contribution in [2.24, 2.45) is 0 Å². The van der Waals surface area contributed by atoms with Gasteiger partial charge in [0.25, 0.3) is 5.69 Å². The van der Waals surface area contributed by atoms with Crippen LogP contribution in [-0.4, -0.2) is 29.0 Å². The number of anilines is 1. The van der Waals surface area contributed by atoms with Crippen LogP contribution in [0.3, 0.4) is 0 Å². The first-order chi connectivity index (χ1) is 8.66. The highest BCUT2D eigenvalue weighted by Gasteiger charge is 2.19. The van der Waals surface area contributed by atoms with Crippen LogP contribution in [0.4, 0.5) is 11.5 Å². The number of pyridine rings is 1. The molecule has 0 aliphatic heterocycles. The van der Waals surface area contributed by atoms with Gasteiger partial charge in [-0.15, -0.1) is 0 Å². The molecule has 1 aromatic rings. The van der Waals surface area contributed by atoms with Crippen molar-refractivity contribution in [2.75, 3.05) is 18.4 Å². The zero-order valence-corrected chi connectivity index (χ0v) is 10.6. The second-order valence-corrected chi connectivity index (χ2v) is 4.70. The highest BCUT2D eigenvalue weighted by Crippen LogP contribution is 2.23. The lowest BCUT2D eigenvalue weighted by molar-refractivity contribution is -0.385. The molecule has 0 atom stereocenters. The van der Waals surface area contributed by atoms with E-state index in [-0.39, 0.29) is 10.7 Å². The van der Waals surface area contributed by atoms with E-state index >= 15 is 0 Å². The third kappa shape index (κ3) is 3.82. The summed E-state index contributed by atoms with van der Waals surface area (Å²) in [5.41, 5.74) is -0.0963. The molecule has 0 saturated heterocycles. The Morgan fingerprint density at radius 1 is 1.50 bits per heavy atom. The number of hydrogen-bond acceptors (Lipinski definition) is 5. The molecule has 1 heterocycles. The Morgan fingerprint density at radius 3 is 2.89 bits per heavy atom. The molecule has 2 rings (SSSR count). The molecule has 1 fully saturated rings. The van der Waals surface area contributed by atoms with Crippen LogP contribution < -0.4 is 10.6 Å². The molecule has 0 spiro atoms. The van der Waals surface area contributed by atoms with Crippen molar-refractivity contribution in [1.82, 2.24) is 10.3 Å². The first kappa shape index (κ1) is 13.0. The molecule has 7 heteroatoms. The van der Waals surface area contributed by atoms with Crippen LogP contribution in [0.2, 0.25) is 5.02 Å². The van der Waals surface area contributed by atoms with Gasteiger partial charge in [0.05, 0.1) is 9.95 Å².